The molecule has 19 heavy (non-hydrogen) atoms. The van der Waals surface area contributed by atoms with Gasteiger partial charge in [0.05, 0.1) is 0 Å². The Kier molecular flexibility index (Phi) is 4.38. The number of nitrogens with two attached hydrogens (primary N) is 1. The molecule has 2 rings (SSSR count). The van der Waals surface area contributed by atoms with Crippen molar-refractivity contribution in [1.82, 2.24) is 0 Å². The van der Waals surface area contributed by atoms with Crippen molar-refractivity contribution in [3.63, 3.8) is 0 Å². The highest BCUT2D eigenvalue weighted by Gasteiger charge is 2.10. The van der Waals surface area contributed by atoms with E-state index >= 15 is 0 Å². The van der Waals surface area contributed by atoms with Gasteiger partial charge in [0.15, 0.2) is 5.78 Å². The summed E-state index contributed by atoms with van der Waals surface area (Å²) in [6.07, 6.45) is 2.06. The molecule has 3 heteroatoms. The van der Waals surface area contributed by atoms with Crippen molar-refractivity contribution < 1.29 is 4.79 Å². The van der Waals surface area contributed by atoms with Gasteiger partial charge in [0.1, 0.15) is 0 Å². The number of carbonyl (C=O) groups excluding carboxylic acids is 1. The molecular weight excluding hydrogens is 302 g/mol. The number of hydrogen-bond acceptors (Lipinski definition) is 2. The van der Waals surface area contributed by atoms with Gasteiger partial charge in [0, 0.05) is 21.3 Å². The SMILES string of the molecule is CCCc1cccc(C(=O)c2cc(N)cc(Br)c2)c1. The molecule has 0 aliphatic rings. The van der Waals surface area contributed by atoms with E-state index in [1.807, 2.05) is 18.2 Å². The van der Waals surface area contributed by atoms with Gasteiger partial charge in [-0.2, -0.15) is 0 Å². The maximum Gasteiger partial charge on any atom is 0.193 e. The fraction of sp³-hybridized carbons (Fsp3) is 0.188. The first-order chi connectivity index (χ1) is 9.10. The molecule has 0 aliphatic carbocycles. The molecule has 2 N–H and O–H groups in total. The Morgan fingerprint density at radius 3 is 2.63 bits per heavy atom. The van der Waals surface area contributed by atoms with Crippen LogP contribution in [0.5, 0.6) is 0 Å². The summed E-state index contributed by atoms with van der Waals surface area (Å²) < 4.78 is 0.820. The summed E-state index contributed by atoms with van der Waals surface area (Å²) in [5.41, 5.74) is 8.87. The predicted molar refractivity (Wildman–Crippen MR) is 82.4 cm³/mol. The Morgan fingerprint density at radius 2 is 1.95 bits per heavy atom. The zero-order valence-electron chi connectivity index (χ0n) is 10.8. The molecule has 0 fully saturated rings. The van der Waals surface area contributed by atoms with E-state index in [0.717, 1.165) is 17.3 Å². The molecule has 0 bridgehead atoms. The molecule has 0 aromatic heterocycles. The van der Waals surface area contributed by atoms with Gasteiger partial charge in [-0.15, -0.1) is 0 Å². The number of anilines is 1. The average Bonchev–Trinajstić information content (AvgIpc) is 2.37. The Bertz CT molecular complexity index is 587. The summed E-state index contributed by atoms with van der Waals surface area (Å²) in [6, 6.07) is 13.1. The second-order valence-electron chi connectivity index (χ2n) is 4.55. The molecular formula is C16H16BrNO. The van der Waals surface area contributed by atoms with Gasteiger partial charge >= 0.3 is 0 Å². The molecule has 0 spiro atoms. The molecule has 0 heterocycles. The number of halogens is 1. The highest BCUT2D eigenvalue weighted by atomic mass is 79.9. The summed E-state index contributed by atoms with van der Waals surface area (Å²) in [5, 5.41) is 0. The third-order valence-corrected chi connectivity index (χ3v) is 3.37. The molecule has 0 radical (unpaired) electrons. The second kappa shape index (κ2) is 6.02. The molecule has 0 saturated carbocycles. The Balaban J connectivity index is 2.35. The standard InChI is InChI=1S/C16H16BrNO/c1-2-4-11-5-3-6-12(7-11)16(19)13-8-14(17)10-15(18)9-13/h3,5-10H,2,4,18H2,1H3. The summed E-state index contributed by atoms with van der Waals surface area (Å²) in [5.74, 6) is 0.00551. The van der Waals surface area contributed by atoms with Crippen LogP contribution in [0, 0.1) is 0 Å². The Morgan fingerprint density at radius 1 is 1.16 bits per heavy atom. The summed E-state index contributed by atoms with van der Waals surface area (Å²) in [7, 11) is 0. The van der Waals surface area contributed by atoms with E-state index in [0.29, 0.717) is 16.8 Å². The zero-order valence-corrected chi connectivity index (χ0v) is 12.4. The number of hydrogen-bond donors (Lipinski definition) is 1. The normalized spacial score (nSPS) is 10.4. The largest absolute Gasteiger partial charge is 0.399 e. The van der Waals surface area contributed by atoms with Crippen LogP contribution in [0.3, 0.4) is 0 Å². The van der Waals surface area contributed by atoms with Gasteiger partial charge in [-0.25, -0.2) is 0 Å². The van der Waals surface area contributed by atoms with E-state index in [4.69, 9.17) is 5.73 Å². The third kappa shape index (κ3) is 3.44. The summed E-state index contributed by atoms with van der Waals surface area (Å²) in [6.45, 7) is 2.13. The minimum Gasteiger partial charge on any atom is -0.399 e. The van der Waals surface area contributed by atoms with Crippen LogP contribution in [-0.2, 0) is 6.42 Å². The first-order valence-electron chi connectivity index (χ1n) is 6.30. The van der Waals surface area contributed by atoms with Crippen molar-refractivity contribution >= 4 is 27.4 Å². The smallest absolute Gasteiger partial charge is 0.193 e. The van der Waals surface area contributed by atoms with Crippen molar-refractivity contribution in [1.29, 1.82) is 0 Å². The van der Waals surface area contributed by atoms with Crippen molar-refractivity contribution in [3.05, 3.63) is 63.6 Å². The molecule has 0 amide bonds. The molecule has 2 aromatic carbocycles. The second-order valence-corrected chi connectivity index (χ2v) is 5.47. The van der Waals surface area contributed by atoms with Gasteiger partial charge in [0.25, 0.3) is 0 Å². The number of carbonyl (C=O) groups is 1. The van der Waals surface area contributed by atoms with Crippen LogP contribution in [0.4, 0.5) is 5.69 Å². The van der Waals surface area contributed by atoms with E-state index in [9.17, 15) is 4.79 Å². The van der Waals surface area contributed by atoms with E-state index in [1.165, 1.54) is 5.56 Å². The van der Waals surface area contributed by atoms with Gasteiger partial charge in [0.2, 0.25) is 0 Å². The quantitative estimate of drug-likeness (QED) is 0.678. The average molecular weight is 318 g/mol. The van der Waals surface area contributed by atoms with E-state index in [1.54, 1.807) is 18.2 Å². The van der Waals surface area contributed by atoms with Gasteiger partial charge in [-0.1, -0.05) is 47.5 Å². The highest BCUT2D eigenvalue weighted by Crippen LogP contribution is 2.20. The maximum absolute atomic E-state index is 12.4. The monoisotopic (exact) mass is 317 g/mol. The Hall–Kier alpha value is -1.61. The first-order valence-corrected chi connectivity index (χ1v) is 7.09. The third-order valence-electron chi connectivity index (χ3n) is 2.91. The zero-order chi connectivity index (χ0) is 13.8. The van der Waals surface area contributed by atoms with E-state index in [2.05, 4.69) is 28.9 Å². The van der Waals surface area contributed by atoms with Crippen LogP contribution in [0.1, 0.15) is 34.8 Å². The van der Waals surface area contributed by atoms with Crippen molar-refractivity contribution in [2.45, 2.75) is 19.8 Å². The van der Waals surface area contributed by atoms with Gasteiger partial charge in [-0.05, 0) is 36.2 Å². The summed E-state index contributed by atoms with van der Waals surface area (Å²) in [4.78, 5) is 12.4. The number of nitrogen functional groups attached to an aromatic ring is 1. The molecule has 0 atom stereocenters. The lowest BCUT2D eigenvalue weighted by atomic mass is 9.99. The van der Waals surface area contributed by atoms with E-state index in [-0.39, 0.29) is 5.78 Å². The summed E-state index contributed by atoms with van der Waals surface area (Å²) >= 11 is 3.36. The molecule has 2 nitrogen and oxygen atoms in total. The minimum atomic E-state index is 0.00551. The molecule has 2 aromatic rings. The number of ketones is 1. The van der Waals surface area contributed by atoms with E-state index < -0.39 is 0 Å². The fourth-order valence-electron chi connectivity index (χ4n) is 2.07. The van der Waals surface area contributed by atoms with Crippen molar-refractivity contribution in [3.8, 4) is 0 Å². The van der Waals surface area contributed by atoms with Crippen LogP contribution in [0.2, 0.25) is 0 Å². The van der Waals surface area contributed by atoms with Crippen LogP contribution >= 0.6 is 15.9 Å². The number of rotatable bonds is 4. The molecule has 0 unspecified atom stereocenters. The van der Waals surface area contributed by atoms with Crippen LogP contribution in [0.25, 0.3) is 0 Å². The van der Waals surface area contributed by atoms with Crippen molar-refractivity contribution in [2.75, 3.05) is 5.73 Å². The first kappa shape index (κ1) is 13.8. The van der Waals surface area contributed by atoms with Crippen molar-refractivity contribution in [2.24, 2.45) is 0 Å². The van der Waals surface area contributed by atoms with Crippen LogP contribution < -0.4 is 5.73 Å². The van der Waals surface area contributed by atoms with Gasteiger partial charge < -0.3 is 5.73 Å². The lowest BCUT2D eigenvalue weighted by Crippen LogP contribution is -2.03. The molecule has 0 saturated heterocycles. The van der Waals surface area contributed by atoms with Gasteiger partial charge in [-0.3, -0.25) is 4.79 Å². The molecule has 0 aliphatic heterocycles. The fourth-order valence-corrected chi connectivity index (χ4v) is 2.58. The maximum atomic E-state index is 12.4. The van der Waals surface area contributed by atoms with Crippen LogP contribution in [0.15, 0.2) is 46.9 Å². The lowest BCUT2D eigenvalue weighted by Gasteiger charge is -2.06. The highest BCUT2D eigenvalue weighted by molar-refractivity contribution is 9.10. The minimum absolute atomic E-state index is 0.00551. The lowest BCUT2D eigenvalue weighted by molar-refractivity contribution is 0.103. The number of aryl methyl sites for hydroxylation is 1. The topological polar surface area (TPSA) is 43.1 Å². The Labute approximate surface area is 121 Å². The van der Waals surface area contributed by atoms with Crippen LogP contribution in [-0.4, -0.2) is 5.78 Å². The molecule has 98 valence electrons. The predicted octanol–water partition coefficient (Wildman–Crippen LogP) is 4.21. The number of benzene rings is 2.